The van der Waals surface area contributed by atoms with Crippen molar-refractivity contribution in [3.05, 3.63) is 16.4 Å². The van der Waals surface area contributed by atoms with Crippen molar-refractivity contribution in [3.8, 4) is 0 Å². The highest BCUT2D eigenvalue weighted by Gasteiger charge is 2.30. The summed E-state index contributed by atoms with van der Waals surface area (Å²) in [6, 6.07) is 0. The van der Waals surface area contributed by atoms with Crippen molar-refractivity contribution in [2.45, 2.75) is 44.9 Å². The molecule has 17 heavy (non-hydrogen) atoms. The highest BCUT2D eigenvalue weighted by molar-refractivity contribution is 7.16. The third-order valence-electron chi connectivity index (χ3n) is 3.00. The van der Waals surface area contributed by atoms with Gasteiger partial charge in [0, 0.05) is 11.3 Å². The SMILES string of the molecule is CC(C)(C)c1nc2sc(C3CC3)nn2c1C=O. The summed E-state index contributed by atoms with van der Waals surface area (Å²) >= 11 is 1.62. The van der Waals surface area contributed by atoms with E-state index in [4.69, 9.17) is 0 Å². The molecule has 1 aliphatic rings. The highest BCUT2D eigenvalue weighted by atomic mass is 32.1. The average molecular weight is 249 g/mol. The number of aldehydes is 1. The number of hydrogen-bond donors (Lipinski definition) is 0. The Morgan fingerprint density at radius 1 is 1.41 bits per heavy atom. The molecule has 2 heterocycles. The predicted molar refractivity (Wildman–Crippen MR) is 66.9 cm³/mol. The number of hydrogen-bond acceptors (Lipinski definition) is 4. The molecule has 2 aromatic heterocycles. The van der Waals surface area contributed by atoms with E-state index in [1.165, 1.54) is 12.8 Å². The minimum Gasteiger partial charge on any atom is -0.296 e. The van der Waals surface area contributed by atoms with Crippen LogP contribution >= 0.6 is 11.3 Å². The van der Waals surface area contributed by atoms with Gasteiger partial charge in [-0.25, -0.2) is 4.98 Å². The molecule has 0 unspecified atom stereocenters. The normalized spacial score (nSPS) is 16.6. The Hall–Kier alpha value is -1.23. The van der Waals surface area contributed by atoms with Crippen molar-refractivity contribution in [2.75, 3.05) is 0 Å². The molecule has 5 heteroatoms. The topological polar surface area (TPSA) is 47.3 Å². The van der Waals surface area contributed by atoms with Crippen LogP contribution in [0.2, 0.25) is 0 Å². The fraction of sp³-hybridized carbons (Fsp3) is 0.583. The zero-order valence-electron chi connectivity index (χ0n) is 10.2. The van der Waals surface area contributed by atoms with Crippen molar-refractivity contribution >= 4 is 22.6 Å². The third-order valence-corrected chi connectivity index (χ3v) is 4.07. The Morgan fingerprint density at radius 3 is 2.65 bits per heavy atom. The summed E-state index contributed by atoms with van der Waals surface area (Å²) < 4.78 is 1.71. The second-order valence-corrected chi connectivity index (χ2v) is 6.61. The van der Waals surface area contributed by atoms with Gasteiger partial charge in [0.15, 0.2) is 6.29 Å². The molecule has 0 aromatic carbocycles. The van der Waals surface area contributed by atoms with E-state index in [1.807, 2.05) is 0 Å². The Kier molecular flexibility index (Phi) is 2.17. The summed E-state index contributed by atoms with van der Waals surface area (Å²) in [7, 11) is 0. The largest absolute Gasteiger partial charge is 0.296 e. The molecule has 0 bridgehead atoms. The van der Waals surface area contributed by atoms with Gasteiger partial charge in [-0.1, -0.05) is 32.1 Å². The minimum atomic E-state index is -0.122. The number of carbonyl (C=O) groups is 1. The molecule has 4 nitrogen and oxygen atoms in total. The van der Waals surface area contributed by atoms with Crippen LogP contribution < -0.4 is 0 Å². The molecule has 0 amide bonds. The molecular weight excluding hydrogens is 234 g/mol. The average Bonchev–Trinajstić information content (AvgIpc) is 2.89. The smallest absolute Gasteiger partial charge is 0.213 e. The molecule has 1 fully saturated rings. The van der Waals surface area contributed by atoms with Gasteiger partial charge in [0.2, 0.25) is 4.96 Å². The number of nitrogens with zero attached hydrogens (tertiary/aromatic N) is 3. The van der Waals surface area contributed by atoms with E-state index in [9.17, 15) is 4.79 Å². The molecule has 0 spiro atoms. The fourth-order valence-corrected chi connectivity index (χ4v) is 3.01. The summed E-state index contributed by atoms with van der Waals surface area (Å²) in [5.74, 6) is 0.610. The van der Waals surface area contributed by atoms with Gasteiger partial charge in [-0.2, -0.15) is 9.61 Å². The zero-order valence-corrected chi connectivity index (χ0v) is 11.0. The van der Waals surface area contributed by atoms with Crippen LogP contribution in [0.1, 0.15) is 60.7 Å². The van der Waals surface area contributed by atoms with Crippen molar-refractivity contribution in [1.82, 2.24) is 14.6 Å². The molecule has 0 N–H and O–H groups in total. The highest BCUT2D eigenvalue weighted by Crippen LogP contribution is 2.42. The molecule has 0 radical (unpaired) electrons. The maximum Gasteiger partial charge on any atom is 0.213 e. The number of fused-ring (bicyclic) bond motifs is 1. The van der Waals surface area contributed by atoms with E-state index in [2.05, 4.69) is 30.9 Å². The Morgan fingerprint density at radius 2 is 2.12 bits per heavy atom. The van der Waals surface area contributed by atoms with Crippen LogP contribution in [-0.4, -0.2) is 20.9 Å². The van der Waals surface area contributed by atoms with E-state index >= 15 is 0 Å². The van der Waals surface area contributed by atoms with E-state index in [0.29, 0.717) is 11.6 Å². The molecule has 90 valence electrons. The van der Waals surface area contributed by atoms with Crippen LogP contribution in [-0.2, 0) is 5.41 Å². The summed E-state index contributed by atoms with van der Waals surface area (Å²) in [6.45, 7) is 6.19. The molecule has 0 atom stereocenters. The molecule has 0 saturated heterocycles. The molecule has 1 aliphatic carbocycles. The van der Waals surface area contributed by atoms with Gasteiger partial charge < -0.3 is 0 Å². The summed E-state index contributed by atoms with van der Waals surface area (Å²) in [6.07, 6.45) is 3.31. The first-order valence-corrected chi connectivity index (χ1v) is 6.67. The van der Waals surface area contributed by atoms with Crippen LogP contribution in [0.4, 0.5) is 0 Å². The summed E-state index contributed by atoms with van der Waals surface area (Å²) in [4.78, 5) is 16.7. The van der Waals surface area contributed by atoms with E-state index < -0.39 is 0 Å². The van der Waals surface area contributed by atoms with Crippen LogP contribution in [0.15, 0.2) is 0 Å². The number of imidazole rings is 1. The molecule has 2 aromatic rings. The van der Waals surface area contributed by atoms with E-state index in [1.54, 1.807) is 15.9 Å². The first-order chi connectivity index (χ1) is 8.00. The third kappa shape index (κ3) is 1.69. The van der Waals surface area contributed by atoms with E-state index in [0.717, 1.165) is 21.9 Å². The van der Waals surface area contributed by atoms with Crippen LogP contribution in [0.5, 0.6) is 0 Å². The predicted octanol–water partition coefficient (Wildman–Crippen LogP) is 2.78. The summed E-state index contributed by atoms with van der Waals surface area (Å²) in [5, 5.41) is 5.64. The van der Waals surface area contributed by atoms with Crippen LogP contribution in [0, 0.1) is 0 Å². The lowest BCUT2D eigenvalue weighted by Gasteiger charge is -2.15. The first-order valence-electron chi connectivity index (χ1n) is 5.86. The Bertz CT molecular complexity index is 587. The van der Waals surface area contributed by atoms with Crippen LogP contribution in [0.3, 0.4) is 0 Å². The van der Waals surface area contributed by atoms with Gasteiger partial charge >= 0.3 is 0 Å². The van der Waals surface area contributed by atoms with Crippen molar-refractivity contribution in [3.63, 3.8) is 0 Å². The Labute approximate surface area is 104 Å². The van der Waals surface area contributed by atoms with Gasteiger partial charge in [0.05, 0.1) is 5.69 Å². The van der Waals surface area contributed by atoms with Gasteiger partial charge in [-0.15, -0.1) is 0 Å². The van der Waals surface area contributed by atoms with Gasteiger partial charge in [0.25, 0.3) is 0 Å². The Balaban J connectivity index is 2.19. The lowest BCUT2D eigenvalue weighted by Crippen LogP contribution is -2.15. The van der Waals surface area contributed by atoms with Crippen molar-refractivity contribution in [1.29, 1.82) is 0 Å². The second kappa shape index (κ2) is 3.38. The van der Waals surface area contributed by atoms with Gasteiger partial charge in [0.1, 0.15) is 10.7 Å². The van der Waals surface area contributed by atoms with Crippen molar-refractivity contribution < 1.29 is 4.79 Å². The monoisotopic (exact) mass is 249 g/mol. The second-order valence-electron chi connectivity index (χ2n) is 5.62. The molecule has 0 aliphatic heterocycles. The van der Waals surface area contributed by atoms with E-state index in [-0.39, 0.29) is 5.41 Å². The molecule has 3 rings (SSSR count). The lowest BCUT2D eigenvalue weighted by atomic mass is 9.91. The maximum atomic E-state index is 11.2. The fourth-order valence-electron chi connectivity index (χ4n) is 1.93. The molecular formula is C12H15N3OS. The lowest BCUT2D eigenvalue weighted by molar-refractivity contribution is 0.111. The maximum absolute atomic E-state index is 11.2. The minimum absolute atomic E-state index is 0.122. The summed E-state index contributed by atoms with van der Waals surface area (Å²) in [5.41, 5.74) is 1.33. The number of carbonyl (C=O) groups excluding carboxylic acids is 1. The van der Waals surface area contributed by atoms with Gasteiger partial charge in [-0.3, -0.25) is 4.79 Å². The van der Waals surface area contributed by atoms with Crippen LogP contribution in [0.25, 0.3) is 4.96 Å². The van der Waals surface area contributed by atoms with Gasteiger partial charge in [-0.05, 0) is 12.8 Å². The standard InChI is InChI=1S/C12H15N3OS/c1-12(2,3)9-8(6-16)15-11(13-9)17-10(14-15)7-4-5-7/h6-7H,4-5H2,1-3H3. The number of aromatic nitrogens is 3. The quantitative estimate of drug-likeness (QED) is 0.769. The first kappa shape index (κ1) is 10.9. The molecule has 1 saturated carbocycles. The zero-order chi connectivity index (χ0) is 12.2. The van der Waals surface area contributed by atoms with Crippen molar-refractivity contribution in [2.24, 2.45) is 0 Å². The number of rotatable bonds is 2.